The number of amides is 3. The molecule has 3 amide bonds. The highest BCUT2D eigenvalue weighted by Crippen LogP contribution is 2.35. The van der Waals surface area contributed by atoms with Crippen molar-refractivity contribution in [3.8, 4) is 11.5 Å². The van der Waals surface area contributed by atoms with Crippen LogP contribution in [0.5, 0.6) is 11.5 Å². The van der Waals surface area contributed by atoms with E-state index in [4.69, 9.17) is 21.1 Å². The van der Waals surface area contributed by atoms with E-state index in [-0.39, 0.29) is 41.6 Å². The van der Waals surface area contributed by atoms with Gasteiger partial charge in [-0.05, 0) is 54.1 Å². The van der Waals surface area contributed by atoms with E-state index in [1.165, 1.54) is 48.4 Å². The van der Waals surface area contributed by atoms with Gasteiger partial charge in [-0.1, -0.05) is 17.7 Å². The summed E-state index contributed by atoms with van der Waals surface area (Å²) in [5.74, 6) is -1.57. The van der Waals surface area contributed by atoms with E-state index in [2.05, 4.69) is 4.74 Å². The molecule has 0 N–H and O–H groups in total. The molecule has 1 unspecified atom stereocenters. The molecule has 40 heavy (non-hydrogen) atoms. The normalized spacial score (nSPS) is 15.8. The van der Waals surface area contributed by atoms with Gasteiger partial charge in [-0.2, -0.15) is 0 Å². The summed E-state index contributed by atoms with van der Waals surface area (Å²) in [5.41, 5.74) is 0.450. The largest absolute Gasteiger partial charge is 0.465 e. The first-order valence-corrected chi connectivity index (χ1v) is 12.2. The summed E-state index contributed by atoms with van der Waals surface area (Å²) in [4.78, 5) is 65.1. The van der Waals surface area contributed by atoms with E-state index in [9.17, 15) is 29.3 Å². The Morgan fingerprint density at radius 2 is 1.75 bits per heavy atom. The van der Waals surface area contributed by atoms with Gasteiger partial charge < -0.3 is 19.1 Å². The number of nitro groups is 1. The quantitative estimate of drug-likeness (QED) is 0.181. The number of rotatable bonds is 7. The van der Waals surface area contributed by atoms with Crippen molar-refractivity contribution in [2.75, 3.05) is 18.8 Å². The number of anilines is 1. The Balaban J connectivity index is 1.50. The minimum Gasteiger partial charge on any atom is -0.465 e. The maximum atomic E-state index is 13.8. The number of nitro benzene ring substituents is 1. The standard InChI is InChI=1S/C27H20ClN3O9/c1-38-27(35)16-3-6-18(7-4-16)30-24(32)12-21(26(30)34)29(13-15-2-9-22-23(10-15)40-14-39-22)25(33)17-5-8-19(28)20(11-17)31(36)37/h2-11,21H,12-14H2,1H3. The zero-order valence-electron chi connectivity index (χ0n) is 20.9. The van der Waals surface area contributed by atoms with Crippen LogP contribution < -0.4 is 14.4 Å². The molecular weight excluding hydrogens is 546 g/mol. The number of hydrogen-bond acceptors (Lipinski definition) is 9. The minimum atomic E-state index is -1.22. The molecule has 204 valence electrons. The van der Waals surface area contributed by atoms with Crippen LogP contribution in [0.3, 0.4) is 0 Å². The highest BCUT2D eigenvalue weighted by molar-refractivity contribution is 6.32. The van der Waals surface area contributed by atoms with Gasteiger partial charge in [0, 0.05) is 18.2 Å². The Morgan fingerprint density at radius 1 is 1.05 bits per heavy atom. The van der Waals surface area contributed by atoms with Gasteiger partial charge in [0.05, 0.1) is 29.7 Å². The first kappa shape index (κ1) is 26.6. The Hall–Kier alpha value is -4.97. The lowest BCUT2D eigenvalue weighted by Gasteiger charge is -2.28. The van der Waals surface area contributed by atoms with Crippen LogP contribution in [0.2, 0.25) is 5.02 Å². The third-order valence-electron chi connectivity index (χ3n) is 6.49. The van der Waals surface area contributed by atoms with Crippen molar-refractivity contribution in [1.82, 2.24) is 4.90 Å². The third kappa shape index (κ3) is 4.92. The van der Waals surface area contributed by atoms with Crippen LogP contribution in [0.1, 0.15) is 32.7 Å². The summed E-state index contributed by atoms with van der Waals surface area (Å²) in [5, 5.41) is 11.3. The zero-order chi connectivity index (χ0) is 28.6. The van der Waals surface area contributed by atoms with Crippen molar-refractivity contribution in [1.29, 1.82) is 0 Å². The van der Waals surface area contributed by atoms with Crippen molar-refractivity contribution in [3.63, 3.8) is 0 Å². The van der Waals surface area contributed by atoms with Crippen molar-refractivity contribution in [3.05, 3.63) is 92.5 Å². The predicted molar refractivity (Wildman–Crippen MR) is 139 cm³/mol. The number of carbonyl (C=O) groups excluding carboxylic acids is 4. The van der Waals surface area contributed by atoms with Crippen LogP contribution in [0, 0.1) is 10.1 Å². The Bertz CT molecular complexity index is 1560. The molecule has 0 saturated carbocycles. The monoisotopic (exact) mass is 565 g/mol. The summed E-state index contributed by atoms with van der Waals surface area (Å²) in [7, 11) is 1.23. The summed E-state index contributed by atoms with van der Waals surface area (Å²) < 4.78 is 15.4. The fourth-order valence-electron chi connectivity index (χ4n) is 4.51. The number of nitrogens with zero attached hydrogens (tertiary/aromatic N) is 3. The summed E-state index contributed by atoms with van der Waals surface area (Å²) in [6.07, 6.45) is -0.330. The molecule has 1 atom stereocenters. The van der Waals surface area contributed by atoms with E-state index in [0.29, 0.717) is 17.1 Å². The van der Waals surface area contributed by atoms with Gasteiger partial charge in [-0.3, -0.25) is 24.5 Å². The van der Waals surface area contributed by atoms with Crippen LogP contribution in [-0.2, 0) is 20.9 Å². The number of imide groups is 1. The maximum Gasteiger partial charge on any atom is 0.337 e. The van der Waals surface area contributed by atoms with Crippen molar-refractivity contribution in [2.24, 2.45) is 0 Å². The lowest BCUT2D eigenvalue weighted by Crippen LogP contribution is -2.45. The third-order valence-corrected chi connectivity index (χ3v) is 6.81. The average Bonchev–Trinajstić information content (AvgIpc) is 3.54. The fourth-order valence-corrected chi connectivity index (χ4v) is 4.69. The molecule has 3 aromatic rings. The lowest BCUT2D eigenvalue weighted by molar-refractivity contribution is -0.384. The predicted octanol–water partition coefficient (Wildman–Crippen LogP) is 3.74. The van der Waals surface area contributed by atoms with Crippen LogP contribution in [0.15, 0.2) is 60.7 Å². The molecule has 5 rings (SSSR count). The maximum absolute atomic E-state index is 13.8. The second kappa shape index (κ2) is 10.7. The second-order valence-electron chi connectivity index (χ2n) is 8.87. The van der Waals surface area contributed by atoms with Crippen LogP contribution in [0.25, 0.3) is 0 Å². The van der Waals surface area contributed by atoms with Gasteiger partial charge in [0.25, 0.3) is 17.5 Å². The zero-order valence-corrected chi connectivity index (χ0v) is 21.6. The Kier molecular flexibility index (Phi) is 7.09. The molecule has 13 heteroatoms. The molecule has 2 heterocycles. The first-order chi connectivity index (χ1) is 19.2. The second-order valence-corrected chi connectivity index (χ2v) is 9.28. The van der Waals surface area contributed by atoms with E-state index in [0.717, 1.165) is 11.0 Å². The highest BCUT2D eigenvalue weighted by Gasteiger charge is 2.45. The van der Waals surface area contributed by atoms with Gasteiger partial charge in [0.1, 0.15) is 11.1 Å². The smallest absolute Gasteiger partial charge is 0.337 e. The average molecular weight is 566 g/mol. The van der Waals surface area contributed by atoms with Crippen LogP contribution >= 0.6 is 11.6 Å². The number of hydrogen-bond donors (Lipinski definition) is 0. The fraction of sp³-hybridized carbons (Fsp3) is 0.185. The van der Waals surface area contributed by atoms with Crippen LogP contribution in [0.4, 0.5) is 11.4 Å². The molecule has 0 radical (unpaired) electrons. The van der Waals surface area contributed by atoms with E-state index in [1.807, 2.05) is 0 Å². The molecule has 1 saturated heterocycles. The van der Waals surface area contributed by atoms with Gasteiger partial charge in [0.2, 0.25) is 12.7 Å². The molecule has 0 aromatic heterocycles. The molecule has 2 aliphatic rings. The van der Waals surface area contributed by atoms with Gasteiger partial charge in [0.15, 0.2) is 11.5 Å². The first-order valence-electron chi connectivity index (χ1n) is 11.9. The number of ether oxygens (including phenoxy) is 3. The van der Waals surface area contributed by atoms with Crippen LogP contribution in [-0.4, -0.2) is 53.5 Å². The number of benzene rings is 3. The summed E-state index contributed by atoms with van der Waals surface area (Å²) in [6, 6.07) is 13.0. The molecule has 1 fully saturated rings. The molecule has 0 spiro atoms. The van der Waals surface area contributed by atoms with Crippen molar-refractivity contribution >= 4 is 46.7 Å². The summed E-state index contributed by atoms with van der Waals surface area (Å²) in [6.45, 7) is -0.0834. The highest BCUT2D eigenvalue weighted by atomic mass is 35.5. The topological polar surface area (TPSA) is 146 Å². The molecule has 3 aromatic carbocycles. The number of halogens is 1. The number of fused-ring (bicyclic) bond motifs is 1. The number of methoxy groups -OCH3 is 1. The van der Waals surface area contributed by atoms with Crippen molar-refractivity contribution < 1.29 is 38.3 Å². The van der Waals surface area contributed by atoms with E-state index < -0.39 is 40.3 Å². The van der Waals surface area contributed by atoms with Gasteiger partial charge >= 0.3 is 5.97 Å². The number of carbonyl (C=O) groups is 4. The Morgan fingerprint density at radius 3 is 2.45 bits per heavy atom. The van der Waals surface area contributed by atoms with Gasteiger partial charge in [-0.15, -0.1) is 0 Å². The van der Waals surface area contributed by atoms with Gasteiger partial charge in [-0.25, -0.2) is 9.69 Å². The molecule has 12 nitrogen and oxygen atoms in total. The lowest BCUT2D eigenvalue weighted by atomic mass is 10.1. The summed E-state index contributed by atoms with van der Waals surface area (Å²) >= 11 is 5.93. The SMILES string of the molecule is COC(=O)c1ccc(N2C(=O)CC(N(Cc3ccc4c(c3)OCO4)C(=O)c3ccc(Cl)c([N+](=O)[O-])c3)C2=O)cc1. The Labute approximate surface area is 231 Å². The van der Waals surface area contributed by atoms with E-state index >= 15 is 0 Å². The number of esters is 1. The molecule has 2 aliphatic heterocycles. The van der Waals surface area contributed by atoms with E-state index in [1.54, 1.807) is 18.2 Å². The molecule has 0 bridgehead atoms. The molecular formula is C27H20ClN3O9. The minimum absolute atomic E-state index is 0.0369. The van der Waals surface area contributed by atoms with Crippen molar-refractivity contribution in [2.45, 2.75) is 19.0 Å². The molecule has 0 aliphatic carbocycles.